The van der Waals surface area contributed by atoms with Crippen molar-refractivity contribution >= 4 is 62.9 Å². The third kappa shape index (κ3) is 5.88. The molecular weight excluding hydrogens is 376 g/mol. The zero-order valence-corrected chi connectivity index (χ0v) is 14.9. The Bertz CT molecular complexity index is 736. The summed E-state index contributed by atoms with van der Waals surface area (Å²) < 4.78 is 5.61. The SMILES string of the molecule is N#Cc1ccsc1NC(=O)COC(=O)CSCc1ccc(Cl)s1. The Kier molecular flexibility index (Phi) is 6.92. The van der Waals surface area contributed by atoms with Crippen molar-refractivity contribution in [3.05, 3.63) is 38.4 Å². The molecule has 1 amide bonds. The standard InChI is InChI=1S/C14H11ClN2O3S3/c15-11-2-1-10(23-11)7-21-8-13(19)20-6-12(18)17-14-9(5-16)3-4-22-14/h1-4H,6-8H2,(H,17,18). The van der Waals surface area contributed by atoms with Crippen LogP contribution in [0.2, 0.25) is 4.34 Å². The topological polar surface area (TPSA) is 79.2 Å². The molecule has 120 valence electrons. The van der Waals surface area contributed by atoms with Gasteiger partial charge in [-0.1, -0.05) is 11.6 Å². The first kappa shape index (κ1) is 17.8. The molecule has 0 saturated heterocycles. The molecule has 0 aliphatic heterocycles. The minimum Gasteiger partial charge on any atom is -0.455 e. The molecule has 0 atom stereocenters. The van der Waals surface area contributed by atoms with Gasteiger partial charge in [-0.05, 0) is 23.6 Å². The van der Waals surface area contributed by atoms with E-state index in [0.29, 0.717) is 20.7 Å². The van der Waals surface area contributed by atoms with Crippen molar-refractivity contribution in [1.29, 1.82) is 5.26 Å². The first-order valence-electron chi connectivity index (χ1n) is 6.33. The zero-order valence-electron chi connectivity index (χ0n) is 11.7. The van der Waals surface area contributed by atoms with Gasteiger partial charge in [0.1, 0.15) is 11.1 Å². The van der Waals surface area contributed by atoms with Crippen molar-refractivity contribution in [1.82, 2.24) is 0 Å². The smallest absolute Gasteiger partial charge is 0.316 e. The number of esters is 1. The molecule has 0 saturated carbocycles. The molecule has 0 unspecified atom stereocenters. The molecule has 2 heterocycles. The first-order chi connectivity index (χ1) is 11.1. The summed E-state index contributed by atoms with van der Waals surface area (Å²) >= 11 is 9.92. The van der Waals surface area contributed by atoms with Gasteiger partial charge in [0.2, 0.25) is 0 Å². The van der Waals surface area contributed by atoms with E-state index in [4.69, 9.17) is 21.6 Å². The highest BCUT2D eigenvalue weighted by atomic mass is 35.5. The van der Waals surface area contributed by atoms with E-state index in [2.05, 4.69) is 5.32 Å². The lowest BCUT2D eigenvalue weighted by Crippen LogP contribution is -2.21. The van der Waals surface area contributed by atoms with Crippen LogP contribution in [0.25, 0.3) is 0 Å². The lowest BCUT2D eigenvalue weighted by molar-refractivity contribution is -0.144. The van der Waals surface area contributed by atoms with E-state index >= 15 is 0 Å². The first-order valence-corrected chi connectivity index (χ1v) is 9.56. The predicted octanol–water partition coefficient (Wildman–Crippen LogP) is 3.75. The van der Waals surface area contributed by atoms with E-state index in [1.54, 1.807) is 11.4 Å². The molecule has 2 rings (SSSR count). The molecule has 1 N–H and O–H groups in total. The highest BCUT2D eigenvalue weighted by Gasteiger charge is 2.11. The summed E-state index contributed by atoms with van der Waals surface area (Å²) in [6.45, 7) is -0.368. The molecule has 9 heteroatoms. The Balaban J connectivity index is 1.66. The summed E-state index contributed by atoms with van der Waals surface area (Å²) in [6.07, 6.45) is 0. The monoisotopic (exact) mass is 386 g/mol. The van der Waals surface area contributed by atoms with Crippen LogP contribution in [0.3, 0.4) is 0 Å². The van der Waals surface area contributed by atoms with Crippen LogP contribution in [0.1, 0.15) is 10.4 Å². The van der Waals surface area contributed by atoms with Gasteiger partial charge in [-0.3, -0.25) is 9.59 Å². The number of halogens is 1. The number of nitrogens with zero attached hydrogens (tertiary/aromatic N) is 1. The van der Waals surface area contributed by atoms with Crippen LogP contribution in [-0.2, 0) is 20.1 Å². The molecule has 23 heavy (non-hydrogen) atoms. The van der Waals surface area contributed by atoms with Crippen molar-refractivity contribution < 1.29 is 14.3 Å². The summed E-state index contributed by atoms with van der Waals surface area (Å²) in [4.78, 5) is 24.3. The Morgan fingerprint density at radius 2 is 2.22 bits per heavy atom. The van der Waals surface area contributed by atoms with Gasteiger partial charge in [0, 0.05) is 10.6 Å². The fourth-order valence-electron chi connectivity index (χ4n) is 1.51. The quantitative estimate of drug-likeness (QED) is 0.733. The largest absolute Gasteiger partial charge is 0.455 e. The third-order valence-electron chi connectivity index (χ3n) is 2.50. The number of hydrogen-bond acceptors (Lipinski definition) is 7. The maximum absolute atomic E-state index is 11.7. The van der Waals surface area contributed by atoms with Gasteiger partial charge in [-0.25, -0.2) is 0 Å². The lowest BCUT2D eigenvalue weighted by Gasteiger charge is -2.05. The fourth-order valence-corrected chi connectivity index (χ4v) is 4.28. The number of anilines is 1. The van der Waals surface area contributed by atoms with Gasteiger partial charge in [-0.15, -0.1) is 34.4 Å². The van der Waals surface area contributed by atoms with E-state index in [-0.39, 0.29) is 12.4 Å². The Hall–Kier alpha value is -1.53. The second-order valence-electron chi connectivity index (χ2n) is 4.18. The summed E-state index contributed by atoms with van der Waals surface area (Å²) in [5.74, 6) is -0.100. The Morgan fingerprint density at radius 3 is 2.91 bits per heavy atom. The normalized spacial score (nSPS) is 10.1. The van der Waals surface area contributed by atoms with Crippen molar-refractivity contribution in [3.8, 4) is 6.07 Å². The van der Waals surface area contributed by atoms with Crippen LogP contribution in [0, 0.1) is 11.3 Å². The molecule has 0 radical (unpaired) electrons. The molecule has 0 aliphatic rings. The minimum absolute atomic E-state index is 0.158. The van der Waals surface area contributed by atoms with Crippen LogP contribution >= 0.6 is 46.0 Å². The number of hydrogen-bond donors (Lipinski definition) is 1. The van der Waals surface area contributed by atoms with Gasteiger partial charge < -0.3 is 10.1 Å². The summed E-state index contributed by atoms with van der Waals surface area (Å²) in [6, 6.07) is 7.30. The Labute approximate surface area is 150 Å². The van der Waals surface area contributed by atoms with Crippen molar-refractivity contribution in [2.75, 3.05) is 17.7 Å². The third-order valence-corrected chi connectivity index (χ3v) is 5.69. The molecule has 0 spiro atoms. The molecular formula is C14H11ClN2O3S3. The number of thioether (sulfide) groups is 1. The van der Waals surface area contributed by atoms with Crippen LogP contribution in [0.15, 0.2) is 23.6 Å². The zero-order chi connectivity index (χ0) is 16.7. The fraction of sp³-hybridized carbons (Fsp3) is 0.214. The molecule has 0 aromatic carbocycles. The number of carbonyl (C=O) groups excluding carboxylic acids is 2. The molecule has 0 aliphatic carbocycles. The summed E-state index contributed by atoms with van der Waals surface area (Å²) in [7, 11) is 0. The maximum atomic E-state index is 11.7. The molecule has 2 aromatic rings. The number of thiophene rings is 2. The van der Waals surface area contributed by atoms with Gasteiger partial charge in [0.05, 0.1) is 15.7 Å². The van der Waals surface area contributed by atoms with Gasteiger partial charge in [0.25, 0.3) is 5.91 Å². The van der Waals surface area contributed by atoms with Crippen LogP contribution in [0.5, 0.6) is 0 Å². The minimum atomic E-state index is -0.465. The predicted molar refractivity (Wildman–Crippen MR) is 94.1 cm³/mol. The number of nitriles is 1. The number of nitrogens with one attached hydrogen (secondary N) is 1. The number of ether oxygens (including phenoxy) is 1. The number of carbonyl (C=O) groups is 2. The van der Waals surface area contributed by atoms with E-state index in [9.17, 15) is 9.59 Å². The highest BCUT2D eigenvalue weighted by Crippen LogP contribution is 2.25. The second-order valence-corrected chi connectivity index (χ2v) is 7.88. The lowest BCUT2D eigenvalue weighted by atomic mass is 10.3. The van der Waals surface area contributed by atoms with Crippen molar-refractivity contribution in [3.63, 3.8) is 0 Å². The molecule has 0 fully saturated rings. The van der Waals surface area contributed by atoms with E-state index in [1.165, 1.54) is 34.4 Å². The number of amides is 1. The molecule has 5 nitrogen and oxygen atoms in total. The highest BCUT2D eigenvalue weighted by molar-refractivity contribution is 7.99. The average Bonchev–Trinajstić information content (AvgIpc) is 3.14. The number of rotatable bonds is 7. The van der Waals surface area contributed by atoms with Gasteiger partial charge in [-0.2, -0.15) is 5.26 Å². The Morgan fingerprint density at radius 1 is 1.39 bits per heavy atom. The summed E-state index contributed by atoms with van der Waals surface area (Å²) in [5, 5.41) is 13.5. The average molecular weight is 387 g/mol. The second kappa shape index (κ2) is 8.93. The van der Waals surface area contributed by atoms with E-state index in [1.807, 2.05) is 18.2 Å². The van der Waals surface area contributed by atoms with Crippen LogP contribution in [-0.4, -0.2) is 24.2 Å². The van der Waals surface area contributed by atoms with Crippen LogP contribution in [0.4, 0.5) is 5.00 Å². The maximum Gasteiger partial charge on any atom is 0.316 e. The van der Waals surface area contributed by atoms with Crippen LogP contribution < -0.4 is 5.32 Å². The molecule has 2 aromatic heterocycles. The van der Waals surface area contributed by atoms with Crippen molar-refractivity contribution in [2.45, 2.75) is 5.75 Å². The van der Waals surface area contributed by atoms with E-state index < -0.39 is 11.9 Å². The van der Waals surface area contributed by atoms with E-state index in [0.717, 1.165) is 4.88 Å². The van der Waals surface area contributed by atoms with Gasteiger partial charge in [0.15, 0.2) is 6.61 Å². The van der Waals surface area contributed by atoms with Crippen molar-refractivity contribution in [2.24, 2.45) is 0 Å². The summed E-state index contributed by atoms with van der Waals surface area (Å²) in [5.41, 5.74) is 0.389. The van der Waals surface area contributed by atoms with Gasteiger partial charge >= 0.3 is 5.97 Å². The molecule has 0 bridgehead atoms.